The van der Waals surface area contributed by atoms with Gasteiger partial charge in [0.2, 0.25) is 0 Å². The molecule has 0 unspecified atom stereocenters. The summed E-state index contributed by atoms with van der Waals surface area (Å²) >= 11 is 0. The van der Waals surface area contributed by atoms with Crippen molar-refractivity contribution < 1.29 is 14.3 Å². The predicted octanol–water partition coefficient (Wildman–Crippen LogP) is 4.05. The van der Waals surface area contributed by atoms with Gasteiger partial charge in [-0.3, -0.25) is 9.48 Å². The lowest BCUT2D eigenvalue weighted by molar-refractivity contribution is 0.0920. The number of nitrogens with zero attached hydrogens (tertiary/aromatic N) is 4. The minimum Gasteiger partial charge on any atom is -0.494 e. The van der Waals surface area contributed by atoms with Gasteiger partial charge >= 0.3 is 0 Å². The number of alkyl halides is 1. The summed E-state index contributed by atoms with van der Waals surface area (Å²) in [6.07, 6.45) is 5.43. The molecule has 9 heteroatoms. The molecule has 3 rings (SSSR count). The number of amides is 1. The monoisotopic (exact) mass is 414 g/mol. The van der Waals surface area contributed by atoms with E-state index in [0.29, 0.717) is 34.4 Å². The quantitative estimate of drug-likeness (QED) is 0.507. The SMILES string of the molecule is CCC(=Nc1cnn(C(C)C)c1)c1c(O)[nH]c2ncc(C(=O)NCC(C)(C)F)cc12. The molecular formula is C21H27FN6O2. The molecule has 0 fully saturated rings. The van der Waals surface area contributed by atoms with Gasteiger partial charge in [0.15, 0.2) is 5.88 Å². The zero-order valence-corrected chi connectivity index (χ0v) is 17.8. The Kier molecular flexibility index (Phi) is 5.91. The number of fused-ring (bicyclic) bond motifs is 1. The largest absolute Gasteiger partial charge is 0.494 e. The van der Waals surface area contributed by atoms with Gasteiger partial charge in [0.1, 0.15) is 17.0 Å². The van der Waals surface area contributed by atoms with E-state index < -0.39 is 11.6 Å². The van der Waals surface area contributed by atoms with Crippen molar-refractivity contribution in [3.05, 3.63) is 35.8 Å². The molecule has 3 N–H and O–H groups in total. The van der Waals surface area contributed by atoms with E-state index in [1.165, 1.54) is 20.0 Å². The van der Waals surface area contributed by atoms with Gasteiger partial charge in [-0.15, -0.1) is 0 Å². The first-order valence-corrected chi connectivity index (χ1v) is 9.89. The van der Waals surface area contributed by atoms with Crippen molar-refractivity contribution in [2.75, 3.05) is 6.54 Å². The van der Waals surface area contributed by atoms with Crippen LogP contribution >= 0.6 is 0 Å². The molecule has 0 bridgehead atoms. The number of carbonyl (C=O) groups is 1. The number of nitrogens with one attached hydrogen (secondary N) is 2. The summed E-state index contributed by atoms with van der Waals surface area (Å²) in [6, 6.07) is 1.83. The third kappa shape index (κ3) is 4.67. The highest BCUT2D eigenvalue weighted by molar-refractivity contribution is 6.14. The molecule has 8 nitrogen and oxygen atoms in total. The van der Waals surface area contributed by atoms with E-state index in [1.807, 2.05) is 27.0 Å². The van der Waals surface area contributed by atoms with Crippen LogP contribution in [0.2, 0.25) is 0 Å². The molecule has 0 radical (unpaired) electrons. The lowest BCUT2D eigenvalue weighted by Gasteiger charge is -2.14. The molecule has 0 atom stereocenters. The number of rotatable bonds is 7. The molecular weight excluding hydrogens is 387 g/mol. The van der Waals surface area contributed by atoms with Gasteiger partial charge in [-0.2, -0.15) is 5.10 Å². The third-order valence-corrected chi connectivity index (χ3v) is 4.57. The number of aliphatic imine (C=N–C) groups is 1. The van der Waals surface area contributed by atoms with Crippen LogP contribution in [0.5, 0.6) is 5.88 Å². The van der Waals surface area contributed by atoms with Gasteiger partial charge in [0, 0.05) is 17.6 Å². The molecule has 0 spiro atoms. The summed E-state index contributed by atoms with van der Waals surface area (Å²) in [5.41, 5.74) is 0.970. The van der Waals surface area contributed by atoms with Gasteiger partial charge < -0.3 is 15.4 Å². The van der Waals surface area contributed by atoms with E-state index >= 15 is 0 Å². The molecule has 160 valence electrons. The van der Waals surface area contributed by atoms with Crippen LogP contribution in [-0.2, 0) is 0 Å². The van der Waals surface area contributed by atoms with Crippen LogP contribution < -0.4 is 5.32 Å². The Labute approximate surface area is 174 Å². The number of pyridine rings is 1. The fourth-order valence-electron chi connectivity index (χ4n) is 3.00. The normalized spacial score (nSPS) is 12.7. The fraction of sp³-hybridized carbons (Fsp3) is 0.429. The zero-order chi connectivity index (χ0) is 22.1. The first kappa shape index (κ1) is 21.5. The summed E-state index contributed by atoms with van der Waals surface area (Å²) in [6.45, 7) is 8.64. The van der Waals surface area contributed by atoms with Crippen molar-refractivity contribution >= 4 is 28.3 Å². The summed E-state index contributed by atoms with van der Waals surface area (Å²) in [5.74, 6) is -0.508. The fourth-order valence-corrected chi connectivity index (χ4v) is 3.00. The molecule has 3 heterocycles. The van der Waals surface area contributed by atoms with Crippen LogP contribution in [-0.4, -0.2) is 48.7 Å². The van der Waals surface area contributed by atoms with E-state index in [0.717, 1.165) is 0 Å². The molecule has 3 aromatic heterocycles. The standard InChI is InChI=1S/C21H27FN6O2/c1-6-16(26-14-9-25-28(10-14)12(2)3)17-15-7-13(8-23-18(15)27-20(17)30)19(29)24-11-21(4,5)22/h7-10,12,30H,6,11H2,1-5H3,(H,23,27)(H,24,29). The highest BCUT2D eigenvalue weighted by Crippen LogP contribution is 2.30. The number of aromatic hydroxyl groups is 1. The minimum atomic E-state index is -1.52. The Morgan fingerprint density at radius 2 is 2.13 bits per heavy atom. The van der Waals surface area contributed by atoms with Crippen LogP contribution in [0.4, 0.5) is 10.1 Å². The maximum Gasteiger partial charge on any atom is 0.252 e. The number of halogens is 1. The second kappa shape index (κ2) is 8.25. The second-order valence-corrected chi connectivity index (χ2v) is 8.05. The Morgan fingerprint density at radius 3 is 2.73 bits per heavy atom. The number of aromatic nitrogens is 4. The maximum atomic E-state index is 13.7. The summed E-state index contributed by atoms with van der Waals surface area (Å²) in [5, 5.41) is 17.9. The molecule has 0 aromatic carbocycles. The highest BCUT2D eigenvalue weighted by Gasteiger charge is 2.21. The van der Waals surface area contributed by atoms with Gasteiger partial charge in [-0.05, 0) is 40.2 Å². The number of hydrogen-bond acceptors (Lipinski definition) is 5. The van der Waals surface area contributed by atoms with Crippen LogP contribution in [0.25, 0.3) is 11.0 Å². The first-order valence-electron chi connectivity index (χ1n) is 9.89. The van der Waals surface area contributed by atoms with Crippen LogP contribution in [0, 0.1) is 0 Å². The van der Waals surface area contributed by atoms with E-state index in [4.69, 9.17) is 0 Å². The van der Waals surface area contributed by atoms with Crippen molar-refractivity contribution in [3.63, 3.8) is 0 Å². The van der Waals surface area contributed by atoms with Crippen LogP contribution in [0.15, 0.2) is 29.6 Å². The van der Waals surface area contributed by atoms with Crippen LogP contribution in [0.1, 0.15) is 63.0 Å². The minimum absolute atomic E-state index is 0.0724. The number of hydrogen-bond donors (Lipinski definition) is 3. The topological polar surface area (TPSA) is 108 Å². The number of aromatic amines is 1. The van der Waals surface area contributed by atoms with E-state index in [-0.39, 0.29) is 24.0 Å². The molecule has 1 amide bonds. The average Bonchev–Trinajstić information content (AvgIpc) is 3.27. The summed E-state index contributed by atoms with van der Waals surface area (Å²) in [4.78, 5) is 24.1. The Bertz CT molecular complexity index is 1090. The van der Waals surface area contributed by atoms with Crippen molar-refractivity contribution in [2.24, 2.45) is 4.99 Å². The summed E-state index contributed by atoms with van der Waals surface area (Å²) in [7, 11) is 0. The Balaban J connectivity index is 2.00. The lowest BCUT2D eigenvalue weighted by atomic mass is 10.1. The average molecular weight is 414 g/mol. The Morgan fingerprint density at radius 1 is 1.40 bits per heavy atom. The van der Waals surface area contributed by atoms with Gasteiger partial charge in [-0.1, -0.05) is 6.92 Å². The molecule has 3 aromatic rings. The van der Waals surface area contributed by atoms with E-state index in [1.54, 1.807) is 16.9 Å². The van der Waals surface area contributed by atoms with Crippen LogP contribution in [0.3, 0.4) is 0 Å². The van der Waals surface area contributed by atoms with E-state index in [9.17, 15) is 14.3 Å². The Hall–Kier alpha value is -3.23. The second-order valence-electron chi connectivity index (χ2n) is 8.05. The molecule has 0 aliphatic heterocycles. The molecule has 0 saturated heterocycles. The van der Waals surface area contributed by atoms with Crippen molar-refractivity contribution in [1.82, 2.24) is 25.1 Å². The summed E-state index contributed by atoms with van der Waals surface area (Å²) < 4.78 is 15.5. The number of carbonyl (C=O) groups excluding carboxylic acids is 1. The molecule has 30 heavy (non-hydrogen) atoms. The molecule has 0 aliphatic rings. The van der Waals surface area contributed by atoms with E-state index in [2.05, 4.69) is 25.4 Å². The van der Waals surface area contributed by atoms with Gasteiger partial charge in [0.05, 0.1) is 35.8 Å². The van der Waals surface area contributed by atoms with Crippen molar-refractivity contribution in [1.29, 1.82) is 0 Å². The zero-order valence-electron chi connectivity index (χ0n) is 17.8. The maximum absolute atomic E-state index is 13.7. The smallest absolute Gasteiger partial charge is 0.252 e. The lowest BCUT2D eigenvalue weighted by Crippen LogP contribution is -2.35. The predicted molar refractivity (Wildman–Crippen MR) is 114 cm³/mol. The van der Waals surface area contributed by atoms with Crippen molar-refractivity contribution in [3.8, 4) is 5.88 Å². The van der Waals surface area contributed by atoms with Crippen molar-refractivity contribution in [2.45, 2.75) is 52.8 Å². The van der Waals surface area contributed by atoms with Gasteiger partial charge in [0.25, 0.3) is 5.91 Å². The molecule has 0 aliphatic carbocycles. The third-order valence-electron chi connectivity index (χ3n) is 4.57. The number of H-pyrrole nitrogens is 1. The van der Waals surface area contributed by atoms with Gasteiger partial charge in [-0.25, -0.2) is 14.4 Å². The first-order chi connectivity index (χ1) is 14.1. The highest BCUT2D eigenvalue weighted by atomic mass is 19.1. The molecule has 0 saturated carbocycles.